The van der Waals surface area contributed by atoms with E-state index in [4.69, 9.17) is 4.74 Å². The molecular formula is C17H25NO2. The first-order valence-electron chi connectivity index (χ1n) is 7.52. The van der Waals surface area contributed by atoms with Crippen LogP contribution in [0, 0.1) is 0 Å². The van der Waals surface area contributed by atoms with Gasteiger partial charge in [0.1, 0.15) is 5.75 Å². The Morgan fingerprint density at radius 1 is 1.30 bits per heavy atom. The van der Waals surface area contributed by atoms with Gasteiger partial charge < -0.3 is 4.74 Å². The first kappa shape index (κ1) is 15.0. The molecule has 2 rings (SSSR count). The van der Waals surface area contributed by atoms with Gasteiger partial charge in [-0.3, -0.25) is 9.69 Å². The van der Waals surface area contributed by atoms with Crippen LogP contribution in [0.4, 0.5) is 0 Å². The van der Waals surface area contributed by atoms with Crippen LogP contribution < -0.4 is 4.74 Å². The van der Waals surface area contributed by atoms with Gasteiger partial charge >= 0.3 is 0 Å². The minimum absolute atomic E-state index is 0.298. The van der Waals surface area contributed by atoms with Crippen LogP contribution in [0.5, 0.6) is 5.75 Å². The average molecular weight is 275 g/mol. The van der Waals surface area contributed by atoms with Crippen LogP contribution in [0.1, 0.15) is 38.7 Å². The third kappa shape index (κ3) is 2.88. The van der Waals surface area contributed by atoms with Crippen molar-refractivity contribution in [1.82, 2.24) is 4.90 Å². The second-order valence-corrected chi connectivity index (χ2v) is 5.73. The van der Waals surface area contributed by atoms with E-state index in [9.17, 15) is 4.79 Å². The summed E-state index contributed by atoms with van der Waals surface area (Å²) in [5.74, 6) is 1.10. The van der Waals surface area contributed by atoms with Crippen LogP contribution in [0.25, 0.3) is 0 Å². The van der Waals surface area contributed by atoms with E-state index in [0.29, 0.717) is 12.2 Å². The number of hydrogen-bond acceptors (Lipinski definition) is 3. The molecule has 1 unspecified atom stereocenters. The van der Waals surface area contributed by atoms with Crippen molar-refractivity contribution >= 4 is 5.78 Å². The van der Waals surface area contributed by atoms with E-state index in [1.54, 1.807) is 7.11 Å². The number of methoxy groups -OCH3 is 1. The lowest BCUT2D eigenvalue weighted by Crippen LogP contribution is -2.51. The van der Waals surface area contributed by atoms with Crippen LogP contribution in [0.2, 0.25) is 0 Å². The van der Waals surface area contributed by atoms with Gasteiger partial charge in [-0.05, 0) is 45.3 Å². The molecule has 0 amide bonds. The Morgan fingerprint density at radius 2 is 1.95 bits per heavy atom. The molecule has 0 aliphatic carbocycles. The van der Waals surface area contributed by atoms with Crippen molar-refractivity contribution in [2.75, 3.05) is 20.2 Å². The molecule has 110 valence electrons. The van der Waals surface area contributed by atoms with Crippen molar-refractivity contribution in [3.8, 4) is 5.75 Å². The quantitative estimate of drug-likeness (QED) is 0.799. The first-order chi connectivity index (χ1) is 9.61. The summed E-state index contributed by atoms with van der Waals surface area (Å²) in [5.41, 5.74) is 0.649. The maximum atomic E-state index is 12.8. The predicted molar refractivity (Wildman–Crippen MR) is 81.2 cm³/mol. The van der Waals surface area contributed by atoms with Crippen LogP contribution in [-0.2, 0) is 11.2 Å². The molecule has 20 heavy (non-hydrogen) atoms. The summed E-state index contributed by atoms with van der Waals surface area (Å²) < 4.78 is 5.35. The maximum absolute atomic E-state index is 12.8. The molecule has 1 aliphatic heterocycles. The zero-order valence-electron chi connectivity index (χ0n) is 12.8. The Balaban J connectivity index is 2.16. The molecule has 3 heteroatoms. The van der Waals surface area contributed by atoms with Crippen molar-refractivity contribution in [3.05, 3.63) is 29.8 Å². The Kier molecular flexibility index (Phi) is 4.81. The fourth-order valence-corrected chi connectivity index (χ4v) is 3.02. The summed E-state index contributed by atoms with van der Waals surface area (Å²) in [6, 6.07) is 7.80. The number of ether oxygens (including phenoxy) is 1. The van der Waals surface area contributed by atoms with Crippen molar-refractivity contribution < 1.29 is 9.53 Å². The minimum atomic E-state index is -0.336. The number of para-hydroxylation sites is 1. The third-order valence-electron chi connectivity index (χ3n) is 4.64. The topological polar surface area (TPSA) is 29.5 Å². The lowest BCUT2D eigenvalue weighted by Gasteiger charge is -2.36. The number of carbonyl (C=O) groups excluding carboxylic acids is 1. The largest absolute Gasteiger partial charge is 0.496 e. The van der Waals surface area contributed by atoms with Gasteiger partial charge in [0, 0.05) is 12.0 Å². The van der Waals surface area contributed by atoms with Gasteiger partial charge in [0.05, 0.1) is 12.6 Å². The number of carbonyl (C=O) groups is 1. The molecule has 1 heterocycles. The lowest BCUT2D eigenvalue weighted by molar-refractivity contribution is -0.129. The number of nitrogens with zero attached hydrogens (tertiary/aromatic N) is 1. The fourth-order valence-electron chi connectivity index (χ4n) is 3.02. The predicted octanol–water partition coefficient (Wildman–Crippen LogP) is 3.07. The Bertz CT molecular complexity index is 466. The molecule has 0 N–H and O–H groups in total. The van der Waals surface area contributed by atoms with E-state index in [1.165, 1.54) is 12.8 Å². The molecule has 1 atom stereocenters. The highest BCUT2D eigenvalue weighted by Gasteiger charge is 2.38. The number of benzene rings is 1. The van der Waals surface area contributed by atoms with Gasteiger partial charge in [-0.15, -0.1) is 0 Å². The van der Waals surface area contributed by atoms with Gasteiger partial charge in [-0.1, -0.05) is 25.1 Å². The van der Waals surface area contributed by atoms with Crippen molar-refractivity contribution in [3.63, 3.8) is 0 Å². The van der Waals surface area contributed by atoms with E-state index >= 15 is 0 Å². The summed E-state index contributed by atoms with van der Waals surface area (Å²) in [5, 5.41) is 0. The number of hydrogen-bond donors (Lipinski definition) is 0. The second kappa shape index (κ2) is 6.40. The first-order valence-corrected chi connectivity index (χ1v) is 7.52. The maximum Gasteiger partial charge on any atom is 0.157 e. The van der Waals surface area contributed by atoms with Crippen LogP contribution in [-0.4, -0.2) is 36.4 Å². The molecular weight excluding hydrogens is 250 g/mol. The SMILES string of the molecule is CCC(C)(C(=O)Cc1ccccc1OC)N1CCCC1. The summed E-state index contributed by atoms with van der Waals surface area (Å²) in [4.78, 5) is 15.2. The van der Waals surface area contributed by atoms with E-state index in [0.717, 1.165) is 30.8 Å². The van der Waals surface area contributed by atoms with Crippen LogP contribution in [0.3, 0.4) is 0 Å². The Morgan fingerprint density at radius 3 is 2.55 bits per heavy atom. The standard InChI is InChI=1S/C17H25NO2/c1-4-17(2,18-11-7-8-12-18)16(19)13-14-9-5-6-10-15(14)20-3/h5-6,9-10H,4,7-8,11-13H2,1-3H3. The monoisotopic (exact) mass is 275 g/mol. The van der Waals surface area contributed by atoms with E-state index in [-0.39, 0.29) is 5.54 Å². The fraction of sp³-hybridized carbons (Fsp3) is 0.588. The van der Waals surface area contributed by atoms with E-state index in [1.807, 2.05) is 24.3 Å². The lowest BCUT2D eigenvalue weighted by atomic mass is 9.87. The summed E-state index contributed by atoms with van der Waals surface area (Å²) >= 11 is 0. The minimum Gasteiger partial charge on any atom is -0.496 e. The number of ketones is 1. The summed E-state index contributed by atoms with van der Waals surface area (Å²) in [7, 11) is 1.66. The van der Waals surface area contributed by atoms with Crippen molar-refractivity contribution in [2.45, 2.75) is 45.1 Å². The molecule has 1 saturated heterocycles. The molecule has 1 fully saturated rings. The number of likely N-dealkylation sites (tertiary alicyclic amines) is 1. The smallest absolute Gasteiger partial charge is 0.157 e. The zero-order chi connectivity index (χ0) is 14.6. The molecule has 0 spiro atoms. The van der Waals surface area contributed by atoms with Gasteiger partial charge in [0.25, 0.3) is 0 Å². The highest BCUT2D eigenvalue weighted by atomic mass is 16.5. The molecule has 0 bridgehead atoms. The van der Waals surface area contributed by atoms with E-state index < -0.39 is 0 Å². The Hall–Kier alpha value is -1.35. The zero-order valence-corrected chi connectivity index (χ0v) is 12.8. The normalized spacial score (nSPS) is 18.8. The number of Topliss-reactive ketones (excluding diaryl/α,β-unsaturated/α-hetero) is 1. The summed E-state index contributed by atoms with van der Waals surface area (Å²) in [6.07, 6.45) is 3.72. The second-order valence-electron chi connectivity index (χ2n) is 5.73. The third-order valence-corrected chi connectivity index (χ3v) is 4.64. The molecule has 0 aromatic heterocycles. The Labute approximate surface area is 121 Å². The molecule has 1 aromatic rings. The molecule has 1 aliphatic rings. The van der Waals surface area contributed by atoms with Gasteiger partial charge in [0.15, 0.2) is 5.78 Å². The molecule has 0 radical (unpaired) electrons. The van der Waals surface area contributed by atoms with Gasteiger partial charge in [-0.25, -0.2) is 0 Å². The molecule has 0 saturated carbocycles. The van der Waals surface area contributed by atoms with E-state index in [2.05, 4.69) is 18.7 Å². The number of rotatable bonds is 6. The molecule has 1 aromatic carbocycles. The highest BCUT2D eigenvalue weighted by molar-refractivity contribution is 5.90. The van der Waals surface area contributed by atoms with Crippen LogP contribution in [0.15, 0.2) is 24.3 Å². The van der Waals surface area contributed by atoms with Crippen molar-refractivity contribution in [1.29, 1.82) is 0 Å². The van der Waals surface area contributed by atoms with Crippen molar-refractivity contribution in [2.24, 2.45) is 0 Å². The molecule has 3 nitrogen and oxygen atoms in total. The average Bonchev–Trinajstić information content (AvgIpc) is 3.01. The van der Waals surface area contributed by atoms with Gasteiger partial charge in [0.2, 0.25) is 0 Å². The highest BCUT2D eigenvalue weighted by Crippen LogP contribution is 2.28. The van der Waals surface area contributed by atoms with Crippen LogP contribution >= 0.6 is 0 Å². The summed E-state index contributed by atoms with van der Waals surface area (Å²) in [6.45, 7) is 6.29. The van der Waals surface area contributed by atoms with Gasteiger partial charge in [-0.2, -0.15) is 0 Å².